The number of hydrogen-bond acceptors (Lipinski definition) is 4. The van der Waals surface area contributed by atoms with Gasteiger partial charge in [-0.05, 0) is 32.6 Å². The Bertz CT molecular complexity index is 413. The van der Waals surface area contributed by atoms with Crippen molar-refractivity contribution in [1.29, 1.82) is 0 Å². The van der Waals surface area contributed by atoms with Crippen LogP contribution in [0.4, 0.5) is 4.79 Å². The van der Waals surface area contributed by atoms with Crippen LogP contribution in [0.1, 0.15) is 46.5 Å². The fraction of sp³-hybridized carbons (Fsp3) is 0.875. The molecular weight excluding hydrogens is 282 g/mol. The first kappa shape index (κ1) is 17.1. The normalized spacial score (nSPS) is 30.1. The maximum atomic E-state index is 12.5. The Kier molecular flexibility index (Phi) is 5.67. The van der Waals surface area contributed by atoms with Crippen molar-refractivity contribution in [3.8, 4) is 0 Å². The molecule has 0 bridgehead atoms. The largest absolute Gasteiger partial charge is 0.436 e. The Morgan fingerprint density at radius 2 is 2.09 bits per heavy atom. The third-order valence-electron chi connectivity index (χ3n) is 4.96. The van der Waals surface area contributed by atoms with Crippen LogP contribution in [-0.2, 0) is 9.53 Å². The van der Waals surface area contributed by atoms with E-state index in [9.17, 15) is 9.59 Å². The molecule has 2 amide bonds. The van der Waals surface area contributed by atoms with E-state index >= 15 is 0 Å². The Morgan fingerprint density at radius 1 is 1.36 bits per heavy atom. The standard InChI is InChI=1S/C16H29N3O3/c1-4-5-12-10-18(11(2)3)8-6-13(12)19-9-7-14(15(19)20)22-16(17)21/h11-14H,4-10H2,1-3H3,(H2,17,21)/t12-,13+,14?/m1/s1. The second-order valence-electron chi connectivity index (χ2n) is 6.74. The number of piperidine rings is 1. The number of carbonyl (C=O) groups is 2. The number of likely N-dealkylation sites (tertiary alicyclic amines) is 2. The first-order valence-corrected chi connectivity index (χ1v) is 8.44. The summed E-state index contributed by atoms with van der Waals surface area (Å²) in [4.78, 5) is 27.8. The average Bonchev–Trinajstić information content (AvgIpc) is 2.80. The van der Waals surface area contributed by atoms with Crippen LogP contribution in [0.3, 0.4) is 0 Å². The quantitative estimate of drug-likeness (QED) is 0.836. The molecule has 0 aromatic heterocycles. The van der Waals surface area contributed by atoms with E-state index in [4.69, 9.17) is 10.5 Å². The highest BCUT2D eigenvalue weighted by atomic mass is 16.6. The summed E-state index contributed by atoms with van der Waals surface area (Å²) in [6.07, 6.45) is 2.26. The predicted molar refractivity (Wildman–Crippen MR) is 84.3 cm³/mol. The predicted octanol–water partition coefficient (Wildman–Crippen LogP) is 1.58. The molecule has 0 radical (unpaired) electrons. The Morgan fingerprint density at radius 3 is 2.68 bits per heavy atom. The maximum Gasteiger partial charge on any atom is 0.405 e. The monoisotopic (exact) mass is 311 g/mol. The van der Waals surface area contributed by atoms with Crippen molar-refractivity contribution in [1.82, 2.24) is 9.80 Å². The third-order valence-corrected chi connectivity index (χ3v) is 4.96. The molecule has 0 spiro atoms. The number of amides is 2. The molecule has 22 heavy (non-hydrogen) atoms. The van der Waals surface area contributed by atoms with Crippen molar-refractivity contribution in [2.24, 2.45) is 11.7 Å². The summed E-state index contributed by atoms with van der Waals surface area (Å²) in [6, 6.07) is 0.810. The van der Waals surface area contributed by atoms with Crippen LogP contribution in [0.5, 0.6) is 0 Å². The van der Waals surface area contributed by atoms with E-state index in [1.165, 1.54) is 0 Å². The van der Waals surface area contributed by atoms with Gasteiger partial charge in [0.25, 0.3) is 5.91 Å². The van der Waals surface area contributed by atoms with E-state index in [1.54, 1.807) is 0 Å². The van der Waals surface area contributed by atoms with Gasteiger partial charge in [0.05, 0.1) is 0 Å². The SMILES string of the molecule is CCC[C@@H]1CN(C(C)C)CC[C@@H]1N1CCC(OC(N)=O)C1=O. The van der Waals surface area contributed by atoms with Crippen LogP contribution < -0.4 is 5.73 Å². The summed E-state index contributed by atoms with van der Waals surface area (Å²) >= 11 is 0. The lowest BCUT2D eigenvalue weighted by Gasteiger charge is -2.44. The minimum absolute atomic E-state index is 0.0668. The van der Waals surface area contributed by atoms with Crippen molar-refractivity contribution in [2.45, 2.75) is 64.6 Å². The maximum absolute atomic E-state index is 12.5. The average molecular weight is 311 g/mol. The van der Waals surface area contributed by atoms with Gasteiger partial charge in [0, 0.05) is 38.1 Å². The molecule has 6 heteroatoms. The molecule has 0 aromatic carbocycles. The van der Waals surface area contributed by atoms with Crippen LogP contribution in [0.15, 0.2) is 0 Å². The van der Waals surface area contributed by atoms with E-state index in [2.05, 4.69) is 25.7 Å². The summed E-state index contributed by atoms with van der Waals surface area (Å²) in [6.45, 7) is 9.37. The highest BCUT2D eigenvalue weighted by molar-refractivity contribution is 5.85. The molecule has 0 saturated carbocycles. The van der Waals surface area contributed by atoms with Gasteiger partial charge in [-0.2, -0.15) is 0 Å². The molecular formula is C16H29N3O3. The van der Waals surface area contributed by atoms with Crippen molar-refractivity contribution >= 4 is 12.0 Å². The first-order valence-electron chi connectivity index (χ1n) is 8.44. The van der Waals surface area contributed by atoms with Gasteiger partial charge in [-0.3, -0.25) is 4.79 Å². The zero-order valence-electron chi connectivity index (χ0n) is 14.0. The molecule has 0 aromatic rings. The highest BCUT2D eigenvalue weighted by Crippen LogP contribution is 2.30. The molecule has 6 nitrogen and oxygen atoms in total. The van der Waals surface area contributed by atoms with Crippen LogP contribution in [0.25, 0.3) is 0 Å². The molecule has 2 N–H and O–H groups in total. The Balaban J connectivity index is 2.03. The van der Waals surface area contributed by atoms with Crippen molar-refractivity contribution in [2.75, 3.05) is 19.6 Å². The van der Waals surface area contributed by atoms with Crippen LogP contribution in [-0.4, -0.2) is 59.6 Å². The molecule has 1 unspecified atom stereocenters. The molecule has 2 aliphatic heterocycles. The smallest absolute Gasteiger partial charge is 0.405 e. The number of ether oxygens (including phenoxy) is 1. The third kappa shape index (κ3) is 3.72. The molecule has 0 aliphatic carbocycles. The van der Waals surface area contributed by atoms with Gasteiger partial charge < -0.3 is 20.3 Å². The van der Waals surface area contributed by atoms with Gasteiger partial charge in [0.15, 0.2) is 6.10 Å². The minimum Gasteiger partial charge on any atom is -0.436 e. The van der Waals surface area contributed by atoms with Gasteiger partial charge in [-0.1, -0.05) is 13.3 Å². The molecule has 2 saturated heterocycles. The number of nitrogens with zero attached hydrogens (tertiary/aromatic N) is 2. The van der Waals surface area contributed by atoms with E-state index in [0.29, 0.717) is 24.9 Å². The van der Waals surface area contributed by atoms with E-state index < -0.39 is 12.2 Å². The number of rotatable bonds is 5. The summed E-state index contributed by atoms with van der Waals surface area (Å²) < 4.78 is 4.94. The second kappa shape index (κ2) is 7.31. The molecule has 2 aliphatic rings. The van der Waals surface area contributed by atoms with Crippen LogP contribution >= 0.6 is 0 Å². The van der Waals surface area contributed by atoms with Crippen molar-refractivity contribution in [3.63, 3.8) is 0 Å². The van der Waals surface area contributed by atoms with Gasteiger partial charge in [0.2, 0.25) is 0 Å². The summed E-state index contributed by atoms with van der Waals surface area (Å²) in [5.41, 5.74) is 5.05. The second-order valence-corrected chi connectivity index (χ2v) is 6.74. The lowest BCUT2D eigenvalue weighted by atomic mass is 9.87. The molecule has 126 valence electrons. The van der Waals surface area contributed by atoms with E-state index in [-0.39, 0.29) is 11.9 Å². The van der Waals surface area contributed by atoms with Crippen molar-refractivity contribution < 1.29 is 14.3 Å². The fourth-order valence-corrected chi connectivity index (χ4v) is 3.84. The number of carbonyl (C=O) groups excluding carboxylic acids is 2. The fourth-order valence-electron chi connectivity index (χ4n) is 3.84. The van der Waals surface area contributed by atoms with E-state index in [0.717, 1.165) is 32.4 Å². The van der Waals surface area contributed by atoms with Gasteiger partial charge in [-0.25, -0.2) is 4.79 Å². The van der Waals surface area contributed by atoms with Gasteiger partial charge in [0.1, 0.15) is 0 Å². The number of primary amides is 1. The number of nitrogens with two attached hydrogens (primary N) is 1. The lowest BCUT2D eigenvalue weighted by molar-refractivity contribution is -0.138. The van der Waals surface area contributed by atoms with Gasteiger partial charge >= 0.3 is 6.09 Å². The first-order chi connectivity index (χ1) is 10.4. The van der Waals surface area contributed by atoms with Crippen molar-refractivity contribution in [3.05, 3.63) is 0 Å². The lowest BCUT2D eigenvalue weighted by Crippen LogP contribution is -2.53. The number of hydrogen-bond donors (Lipinski definition) is 1. The minimum atomic E-state index is -0.861. The van der Waals surface area contributed by atoms with Gasteiger partial charge in [-0.15, -0.1) is 0 Å². The highest BCUT2D eigenvalue weighted by Gasteiger charge is 2.42. The van der Waals surface area contributed by atoms with Crippen LogP contribution in [0, 0.1) is 5.92 Å². The molecule has 2 heterocycles. The Labute approximate surface area is 132 Å². The zero-order chi connectivity index (χ0) is 16.3. The van der Waals surface area contributed by atoms with Crippen LogP contribution in [0.2, 0.25) is 0 Å². The Hall–Kier alpha value is -1.30. The zero-order valence-corrected chi connectivity index (χ0v) is 14.0. The van der Waals surface area contributed by atoms with E-state index in [1.807, 2.05) is 4.90 Å². The summed E-state index contributed by atoms with van der Waals surface area (Å²) in [5, 5.41) is 0. The molecule has 2 rings (SSSR count). The topological polar surface area (TPSA) is 75.9 Å². The summed E-state index contributed by atoms with van der Waals surface area (Å²) in [5.74, 6) is 0.431. The summed E-state index contributed by atoms with van der Waals surface area (Å²) in [7, 11) is 0. The molecule has 3 atom stereocenters. The molecule has 2 fully saturated rings.